The molecule has 0 spiro atoms. The zero-order chi connectivity index (χ0) is 22.4. The van der Waals surface area contributed by atoms with Crippen molar-refractivity contribution in [1.82, 2.24) is 20.4 Å². The molecule has 0 saturated carbocycles. The molecule has 6 nitrogen and oxygen atoms in total. The fourth-order valence-electron chi connectivity index (χ4n) is 4.22. The standard InChI is InChI=1S/C21H18ClF3N4O2S/c22-13-8-27-29-3-4-31-21-12(19(13)29)7-17(32-21)20(30)28-16-9-26-2-1-11(16)10-5-14(23)18(25)15(24)6-10/h5-8,11,16,26H,1-4,9H2,(H,28,30)/t11-,16+/m0/s1. The van der Waals surface area contributed by atoms with Gasteiger partial charge in [-0.25, -0.2) is 13.2 Å². The zero-order valence-electron chi connectivity index (χ0n) is 16.6. The van der Waals surface area contributed by atoms with Crippen molar-refractivity contribution >= 4 is 28.8 Å². The third-order valence-corrected chi connectivity index (χ3v) is 7.06. The molecule has 0 radical (unpaired) electrons. The lowest BCUT2D eigenvalue weighted by Crippen LogP contribution is -2.50. The van der Waals surface area contributed by atoms with E-state index in [-0.39, 0.29) is 11.8 Å². The maximum atomic E-state index is 13.8. The highest BCUT2D eigenvalue weighted by Crippen LogP contribution is 2.42. The molecular weight excluding hydrogens is 465 g/mol. The lowest BCUT2D eigenvalue weighted by atomic mass is 9.85. The number of thiophene rings is 1. The van der Waals surface area contributed by atoms with Crippen LogP contribution in [-0.4, -0.2) is 41.4 Å². The number of benzene rings is 1. The molecular formula is C21H18ClF3N4O2S. The van der Waals surface area contributed by atoms with Crippen LogP contribution < -0.4 is 15.4 Å². The van der Waals surface area contributed by atoms with Crippen LogP contribution in [0.1, 0.15) is 27.6 Å². The van der Waals surface area contributed by atoms with Crippen LogP contribution in [0, 0.1) is 17.5 Å². The third kappa shape index (κ3) is 3.76. The van der Waals surface area contributed by atoms with E-state index in [9.17, 15) is 18.0 Å². The number of carbonyl (C=O) groups is 1. The molecule has 5 rings (SSSR count). The Kier molecular flexibility index (Phi) is 5.60. The first-order valence-corrected chi connectivity index (χ1v) is 11.3. The molecule has 1 saturated heterocycles. The number of rotatable bonds is 3. The smallest absolute Gasteiger partial charge is 0.261 e. The maximum Gasteiger partial charge on any atom is 0.261 e. The fraction of sp³-hybridized carbons (Fsp3) is 0.333. The number of piperidine rings is 1. The summed E-state index contributed by atoms with van der Waals surface area (Å²) in [5.41, 5.74) is 1.71. The quantitative estimate of drug-likeness (QED) is 0.555. The van der Waals surface area contributed by atoms with Crippen molar-refractivity contribution in [2.24, 2.45) is 0 Å². The molecule has 3 aromatic rings. The van der Waals surface area contributed by atoms with Crippen molar-refractivity contribution < 1.29 is 22.7 Å². The Bertz CT molecular complexity index is 1170. The van der Waals surface area contributed by atoms with E-state index in [0.717, 1.165) is 12.1 Å². The van der Waals surface area contributed by atoms with Gasteiger partial charge in [0.05, 0.1) is 33.9 Å². The predicted octanol–water partition coefficient (Wildman–Crippen LogP) is 3.95. The number of carbonyl (C=O) groups excluding carboxylic acids is 1. The number of ether oxygens (including phenoxy) is 1. The van der Waals surface area contributed by atoms with E-state index >= 15 is 0 Å². The molecule has 2 aliphatic rings. The second-order valence-electron chi connectivity index (χ2n) is 7.70. The molecule has 0 bridgehead atoms. The van der Waals surface area contributed by atoms with Crippen LogP contribution in [-0.2, 0) is 6.54 Å². The Morgan fingerprint density at radius 2 is 2.06 bits per heavy atom. The summed E-state index contributed by atoms with van der Waals surface area (Å²) in [6.45, 7) is 1.97. The Labute approximate surface area is 190 Å². The molecule has 2 N–H and O–H groups in total. The topological polar surface area (TPSA) is 68.2 Å². The first-order valence-electron chi connectivity index (χ1n) is 10.1. The van der Waals surface area contributed by atoms with E-state index in [1.165, 1.54) is 11.3 Å². The molecule has 2 aromatic heterocycles. The van der Waals surface area contributed by atoms with E-state index < -0.39 is 23.5 Å². The highest BCUT2D eigenvalue weighted by Gasteiger charge is 2.31. The molecule has 2 aliphatic heterocycles. The number of hydrogen-bond donors (Lipinski definition) is 2. The summed E-state index contributed by atoms with van der Waals surface area (Å²) in [4.78, 5) is 13.5. The zero-order valence-corrected chi connectivity index (χ0v) is 18.2. The van der Waals surface area contributed by atoms with Gasteiger partial charge in [0.15, 0.2) is 22.5 Å². The fourth-order valence-corrected chi connectivity index (χ4v) is 5.40. The second-order valence-corrected chi connectivity index (χ2v) is 9.12. The van der Waals surface area contributed by atoms with Gasteiger partial charge in [-0.3, -0.25) is 9.48 Å². The molecule has 32 heavy (non-hydrogen) atoms. The van der Waals surface area contributed by atoms with Crippen molar-refractivity contribution in [1.29, 1.82) is 0 Å². The molecule has 168 valence electrons. The molecule has 1 fully saturated rings. The van der Waals surface area contributed by atoms with Crippen LogP contribution >= 0.6 is 22.9 Å². The van der Waals surface area contributed by atoms with Crippen molar-refractivity contribution in [3.63, 3.8) is 0 Å². The van der Waals surface area contributed by atoms with Crippen LogP contribution in [0.3, 0.4) is 0 Å². The van der Waals surface area contributed by atoms with E-state index in [0.29, 0.717) is 64.4 Å². The number of amides is 1. The number of fused-ring (bicyclic) bond motifs is 3. The van der Waals surface area contributed by atoms with Crippen molar-refractivity contribution in [2.45, 2.75) is 24.9 Å². The summed E-state index contributed by atoms with van der Waals surface area (Å²) >= 11 is 7.50. The van der Waals surface area contributed by atoms with E-state index in [1.54, 1.807) is 16.9 Å². The van der Waals surface area contributed by atoms with Gasteiger partial charge in [-0.1, -0.05) is 22.9 Å². The van der Waals surface area contributed by atoms with Crippen molar-refractivity contribution in [2.75, 3.05) is 19.7 Å². The number of hydrogen-bond acceptors (Lipinski definition) is 5. The molecule has 2 atom stereocenters. The Hall–Kier alpha value is -2.56. The van der Waals surface area contributed by atoms with Gasteiger partial charge in [0, 0.05) is 18.5 Å². The van der Waals surface area contributed by atoms with Gasteiger partial charge in [-0.2, -0.15) is 5.10 Å². The summed E-state index contributed by atoms with van der Waals surface area (Å²) < 4.78 is 48.5. The number of aromatic nitrogens is 2. The molecule has 11 heteroatoms. The maximum absolute atomic E-state index is 13.8. The molecule has 1 aromatic carbocycles. The van der Waals surface area contributed by atoms with Gasteiger partial charge < -0.3 is 15.4 Å². The van der Waals surface area contributed by atoms with Crippen LogP contribution in [0.4, 0.5) is 13.2 Å². The largest absolute Gasteiger partial charge is 0.481 e. The number of nitrogens with one attached hydrogen (secondary N) is 2. The van der Waals surface area contributed by atoms with Gasteiger partial charge in [-0.15, -0.1) is 0 Å². The van der Waals surface area contributed by atoms with Crippen molar-refractivity contribution in [3.05, 3.63) is 57.3 Å². The average Bonchev–Trinajstić information content (AvgIpc) is 3.30. The highest BCUT2D eigenvalue weighted by atomic mass is 35.5. The van der Waals surface area contributed by atoms with Crippen molar-refractivity contribution in [3.8, 4) is 16.3 Å². The van der Waals surface area contributed by atoms with E-state index in [2.05, 4.69) is 15.7 Å². The summed E-state index contributed by atoms with van der Waals surface area (Å²) in [6, 6.07) is 3.27. The Balaban J connectivity index is 1.41. The first kappa shape index (κ1) is 21.3. The van der Waals surface area contributed by atoms with Gasteiger partial charge in [0.2, 0.25) is 0 Å². The SMILES string of the molecule is O=C(N[C@@H]1CNCC[C@H]1c1cc(F)c(F)c(F)c1)c1cc2c(s1)OCCn1ncc(Cl)c1-2. The average molecular weight is 483 g/mol. The van der Waals surface area contributed by atoms with Crippen LogP contribution in [0.5, 0.6) is 5.06 Å². The number of nitrogens with zero attached hydrogens (tertiary/aromatic N) is 2. The normalized spacial score (nSPS) is 20.1. The van der Waals surface area contributed by atoms with Gasteiger partial charge in [0.1, 0.15) is 6.61 Å². The lowest BCUT2D eigenvalue weighted by Gasteiger charge is -2.33. The number of halogens is 4. The minimum atomic E-state index is -1.50. The predicted molar refractivity (Wildman–Crippen MR) is 114 cm³/mol. The second kappa shape index (κ2) is 8.42. The summed E-state index contributed by atoms with van der Waals surface area (Å²) in [7, 11) is 0. The first-order chi connectivity index (χ1) is 15.4. The molecule has 0 aliphatic carbocycles. The van der Waals surface area contributed by atoms with Crippen LogP contribution in [0.2, 0.25) is 5.02 Å². The van der Waals surface area contributed by atoms with Gasteiger partial charge in [0.25, 0.3) is 5.91 Å². The summed E-state index contributed by atoms with van der Waals surface area (Å²) in [5, 5.41) is 11.4. The van der Waals surface area contributed by atoms with Crippen LogP contribution in [0.15, 0.2) is 24.4 Å². The Morgan fingerprint density at radius 1 is 1.28 bits per heavy atom. The third-order valence-electron chi connectivity index (χ3n) is 5.74. The lowest BCUT2D eigenvalue weighted by molar-refractivity contribution is 0.0928. The highest BCUT2D eigenvalue weighted by molar-refractivity contribution is 7.16. The molecule has 4 heterocycles. The minimum absolute atomic E-state index is 0.314. The van der Waals surface area contributed by atoms with Crippen LogP contribution in [0.25, 0.3) is 11.3 Å². The monoisotopic (exact) mass is 482 g/mol. The van der Waals surface area contributed by atoms with E-state index in [4.69, 9.17) is 16.3 Å². The molecule has 1 amide bonds. The summed E-state index contributed by atoms with van der Waals surface area (Å²) in [6.07, 6.45) is 2.09. The summed E-state index contributed by atoms with van der Waals surface area (Å²) in [5.74, 6) is -4.68. The minimum Gasteiger partial charge on any atom is -0.481 e. The van der Waals surface area contributed by atoms with Gasteiger partial charge in [-0.05, 0) is 36.7 Å². The Morgan fingerprint density at radius 3 is 2.84 bits per heavy atom. The van der Waals surface area contributed by atoms with Gasteiger partial charge >= 0.3 is 0 Å². The molecule has 0 unspecified atom stereocenters. The van der Waals surface area contributed by atoms with E-state index in [1.807, 2.05) is 0 Å².